The molecule has 17 heavy (non-hydrogen) atoms. The molecule has 0 aliphatic carbocycles. The first-order chi connectivity index (χ1) is 8.15. The Morgan fingerprint density at radius 2 is 2.06 bits per heavy atom. The zero-order valence-corrected chi connectivity index (χ0v) is 10.8. The van der Waals surface area contributed by atoms with Crippen molar-refractivity contribution in [2.24, 2.45) is 5.92 Å². The standard InChI is InChI=1S/C12H21N3O2/c1-4-7-15-10(8-13-14-15)12(17)11(16)9(5-2)6-3/h8-9,11,16H,4-7H2,1-3H3. The topological polar surface area (TPSA) is 68.0 Å². The average Bonchev–Trinajstić information content (AvgIpc) is 2.78. The quantitative estimate of drug-likeness (QED) is 0.735. The van der Waals surface area contributed by atoms with Gasteiger partial charge in [-0.1, -0.05) is 38.8 Å². The molecule has 0 bridgehead atoms. The lowest BCUT2D eigenvalue weighted by atomic mass is 9.92. The number of hydrogen-bond donors (Lipinski definition) is 1. The van der Waals surface area contributed by atoms with Crippen LogP contribution in [0.3, 0.4) is 0 Å². The van der Waals surface area contributed by atoms with E-state index < -0.39 is 6.10 Å². The van der Waals surface area contributed by atoms with Gasteiger partial charge in [0.25, 0.3) is 0 Å². The maximum atomic E-state index is 12.1. The molecule has 5 nitrogen and oxygen atoms in total. The number of nitrogens with zero attached hydrogens (tertiary/aromatic N) is 3. The molecule has 0 saturated heterocycles. The highest BCUT2D eigenvalue weighted by Gasteiger charge is 2.27. The van der Waals surface area contributed by atoms with Crippen molar-refractivity contribution >= 4 is 5.78 Å². The van der Waals surface area contributed by atoms with Crippen molar-refractivity contribution in [1.29, 1.82) is 0 Å². The first kappa shape index (κ1) is 13.8. The van der Waals surface area contributed by atoms with Crippen LogP contribution >= 0.6 is 0 Å². The lowest BCUT2D eigenvalue weighted by molar-refractivity contribution is 0.0576. The lowest BCUT2D eigenvalue weighted by Gasteiger charge is -2.18. The molecule has 1 N–H and O–H groups in total. The number of aryl methyl sites for hydroxylation is 1. The summed E-state index contributed by atoms with van der Waals surface area (Å²) in [7, 11) is 0. The SMILES string of the molecule is CCCn1nncc1C(=O)C(O)C(CC)CC. The van der Waals surface area contributed by atoms with Gasteiger partial charge in [0.2, 0.25) is 5.78 Å². The van der Waals surface area contributed by atoms with Crippen molar-refractivity contribution < 1.29 is 9.90 Å². The first-order valence-corrected chi connectivity index (χ1v) is 6.26. The third kappa shape index (κ3) is 3.12. The van der Waals surface area contributed by atoms with E-state index in [0.29, 0.717) is 12.2 Å². The molecule has 0 aliphatic heterocycles. The van der Waals surface area contributed by atoms with Gasteiger partial charge in [-0.15, -0.1) is 5.10 Å². The molecule has 0 saturated carbocycles. The van der Waals surface area contributed by atoms with Crippen LogP contribution in [0.25, 0.3) is 0 Å². The second-order valence-electron chi connectivity index (χ2n) is 4.23. The Kier molecular flexibility index (Phi) is 5.28. The summed E-state index contributed by atoms with van der Waals surface area (Å²) in [6.07, 6.45) is 2.95. The molecule has 1 rings (SSSR count). The zero-order chi connectivity index (χ0) is 12.8. The fourth-order valence-corrected chi connectivity index (χ4v) is 1.93. The summed E-state index contributed by atoms with van der Waals surface area (Å²) in [5, 5.41) is 17.6. The number of aliphatic hydroxyl groups is 1. The van der Waals surface area contributed by atoms with Gasteiger partial charge in [0.05, 0.1) is 6.20 Å². The van der Waals surface area contributed by atoms with Crippen LogP contribution in [0.1, 0.15) is 50.5 Å². The maximum absolute atomic E-state index is 12.1. The van der Waals surface area contributed by atoms with Gasteiger partial charge in [0.15, 0.2) is 0 Å². The van der Waals surface area contributed by atoms with E-state index in [0.717, 1.165) is 19.3 Å². The number of hydrogen-bond acceptors (Lipinski definition) is 4. The van der Waals surface area contributed by atoms with Gasteiger partial charge in [-0.2, -0.15) is 0 Å². The summed E-state index contributed by atoms with van der Waals surface area (Å²) < 4.78 is 1.56. The summed E-state index contributed by atoms with van der Waals surface area (Å²) in [6, 6.07) is 0. The Hall–Kier alpha value is -1.23. The van der Waals surface area contributed by atoms with E-state index in [1.807, 2.05) is 20.8 Å². The highest BCUT2D eigenvalue weighted by molar-refractivity contribution is 5.97. The molecule has 96 valence electrons. The third-order valence-corrected chi connectivity index (χ3v) is 3.07. The highest BCUT2D eigenvalue weighted by atomic mass is 16.3. The van der Waals surface area contributed by atoms with Crippen LogP contribution in [-0.4, -0.2) is 32.0 Å². The minimum Gasteiger partial charge on any atom is -0.385 e. The van der Waals surface area contributed by atoms with Crippen LogP contribution in [0.5, 0.6) is 0 Å². The van der Waals surface area contributed by atoms with E-state index in [2.05, 4.69) is 10.3 Å². The van der Waals surface area contributed by atoms with E-state index in [9.17, 15) is 9.90 Å². The molecular formula is C12H21N3O2. The van der Waals surface area contributed by atoms with Gasteiger partial charge in [0.1, 0.15) is 11.8 Å². The number of aliphatic hydroxyl groups excluding tert-OH is 1. The van der Waals surface area contributed by atoms with Crippen molar-refractivity contribution in [2.45, 2.75) is 52.7 Å². The zero-order valence-electron chi connectivity index (χ0n) is 10.8. The summed E-state index contributed by atoms with van der Waals surface area (Å²) in [5.74, 6) is -0.260. The van der Waals surface area contributed by atoms with Crippen molar-refractivity contribution in [2.75, 3.05) is 0 Å². The Labute approximate surface area is 102 Å². The Balaban J connectivity index is 2.84. The first-order valence-electron chi connectivity index (χ1n) is 6.26. The largest absolute Gasteiger partial charge is 0.385 e. The monoisotopic (exact) mass is 239 g/mol. The van der Waals surface area contributed by atoms with Gasteiger partial charge in [-0.05, 0) is 12.3 Å². The molecule has 1 heterocycles. The van der Waals surface area contributed by atoms with Crippen LogP contribution in [-0.2, 0) is 6.54 Å². The summed E-state index contributed by atoms with van der Waals surface area (Å²) >= 11 is 0. The van der Waals surface area contributed by atoms with Gasteiger partial charge < -0.3 is 5.11 Å². The molecule has 0 spiro atoms. The normalized spacial score (nSPS) is 13.0. The number of ketones is 1. The predicted molar refractivity (Wildman–Crippen MR) is 64.7 cm³/mol. The van der Waals surface area contributed by atoms with Gasteiger partial charge in [-0.25, -0.2) is 4.68 Å². The number of aromatic nitrogens is 3. The van der Waals surface area contributed by atoms with Gasteiger partial charge >= 0.3 is 0 Å². The number of carbonyl (C=O) groups excluding carboxylic acids is 1. The molecule has 1 unspecified atom stereocenters. The summed E-state index contributed by atoms with van der Waals surface area (Å²) in [6.45, 7) is 6.61. The Bertz CT molecular complexity index is 358. The Morgan fingerprint density at radius 1 is 1.41 bits per heavy atom. The van der Waals surface area contributed by atoms with E-state index in [4.69, 9.17) is 0 Å². The van der Waals surface area contributed by atoms with Crippen LogP contribution in [0, 0.1) is 5.92 Å². The molecule has 1 aromatic heterocycles. The smallest absolute Gasteiger partial charge is 0.211 e. The molecule has 0 fully saturated rings. The fraction of sp³-hybridized carbons (Fsp3) is 0.750. The van der Waals surface area contributed by atoms with E-state index in [-0.39, 0.29) is 11.7 Å². The molecule has 5 heteroatoms. The fourth-order valence-electron chi connectivity index (χ4n) is 1.93. The number of Topliss-reactive ketones (excluding diaryl/α,β-unsaturated/α-hetero) is 1. The van der Waals surface area contributed by atoms with E-state index in [1.165, 1.54) is 6.20 Å². The minimum atomic E-state index is -0.945. The van der Waals surface area contributed by atoms with Crippen LogP contribution in [0.4, 0.5) is 0 Å². The second-order valence-corrected chi connectivity index (χ2v) is 4.23. The molecular weight excluding hydrogens is 218 g/mol. The number of rotatable bonds is 7. The number of carbonyl (C=O) groups is 1. The van der Waals surface area contributed by atoms with Crippen molar-refractivity contribution in [1.82, 2.24) is 15.0 Å². The predicted octanol–water partition coefficient (Wildman–Crippen LogP) is 1.67. The summed E-state index contributed by atoms with van der Waals surface area (Å²) in [4.78, 5) is 12.1. The second kappa shape index (κ2) is 6.49. The third-order valence-electron chi connectivity index (χ3n) is 3.07. The average molecular weight is 239 g/mol. The molecule has 0 aliphatic rings. The molecule has 0 amide bonds. The van der Waals surface area contributed by atoms with Crippen molar-refractivity contribution in [3.05, 3.63) is 11.9 Å². The molecule has 1 aromatic rings. The molecule has 0 radical (unpaired) electrons. The van der Waals surface area contributed by atoms with E-state index >= 15 is 0 Å². The van der Waals surface area contributed by atoms with Crippen LogP contribution in [0.2, 0.25) is 0 Å². The molecule has 1 atom stereocenters. The minimum absolute atomic E-state index is 0.00692. The van der Waals surface area contributed by atoms with E-state index in [1.54, 1.807) is 4.68 Å². The summed E-state index contributed by atoms with van der Waals surface area (Å²) in [5.41, 5.74) is 0.409. The lowest BCUT2D eigenvalue weighted by Crippen LogP contribution is -2.30. The van der Waals surface area contributed by atoms with Crippen molar-refractivity contribution in [3.63, 3.8) is 0 Å². The maximum Gasteiger partial charge on any atom is 0.211 e. The van der Waals surface area contributed by atoms with Crippen LogP contribution < -0.4 is 0 Å². The van der Waals surface area contributed by atoms with Gasteiger partial charge in [-0.3, -0.25) is 4.79 Å². The molecule has 0 aromatic carbocycles. The Morgan fingerprint density at radius 3 is 2.59 bits per heavy atom. The highest BCUT2D eigenvalue weighted by Crippen LogP contribution is 2.17. The van der Waals surface area contributed by atoms with Gasteiger partial charge in [0, 0.05) is 6.54 Å². The van der Waals surface area contributed by atoms with Crippen LogP contribution in [0.15, 0.2) is 6.20 Å². The van der Waals surface area contributed by atoms with Crippen molar-refractivity contribution in [3.8, 4) is 0 Å².